The number of carboxylic acid groups (broad SMARTS) is 1. The van der Waals surface area contributed by atoms with Gasteiger partial charge in [-0.1, -0.05) is 25.5 Å². The second-order valence-electron chi connectivity index (χ2n) is 3.72. The number of hydrogen-bond acceptors (Lipinski definition) is 3. The summed E-state index contributed by atoms with van der Waals surface area (Å²) in [7, 11) is -4.23. The maximum absolute atomic E-state index is 11.0. The van der Waals surface area contributed by atoms with E-state index >= 15 is 0 Å². The molecule has 6 heteroatoms. The fourth-order valence-corrected chi connectivity index (χ4v) is 2.07. The van der Waals surface area contributed by atoms with Gasteiger partial charge in [0.2, 0.25) is 0 Å². The van der Waals surface area contributed by atoms with Gasteiger partial charge in [0.25, 0.3) is 10.1 Å². The molecule has 0 saturated heterocycles. The van der Waals surface area contributed by atoms with E-state index in [1.165, 1.54) is 24.3 Å². The van der Waals surface area contributed by atoms with Crippen molar-refractivity contribution >= 4 is 16.1 Å². The van der Waals surface area contributed by atoms with Gasteiger partial charge in [-0.2, -0.15) is 8.42 Å². The minimum Gasteiger partial charge on any atom is -0.481 e. The molecule has 1 rings (SSSR count). The molecule has 17 heavy (non-hydrogen) atoms. The number of aliphatic carboxylic acids is 1. The number of benzene rings is 1. The Morgan fingerprint density at radius 2 is 1.82 bits per heavy atom. The van der Waals surface area contributed by atoms with Crippen LogP contribution in [-0.2, 0) is 14.9 Å². The van der Waals surface area contributed by atoms with Crippen molar-refractivity contribution < 1.29 is 22.9 Å². The standard InChI is InChI=1S/C11H14O5S/c1-2-3-10(11(12)13)8-4-6-9(7-5-8)17(14,15)16/h4-7,10H,2-3H2,1H3,(H,12,13)(H,14,15,16). The van der Waals surface area contributed by atoms with Crippen LogP contribution in [0.4, 0.5) is 0 Å². The summed E-state index contributed by atoms with van der Waals surface area (Å²) >= 11 is 0. The van der Waals surface area contributed by atoms with Crippen LogP contribution >= 0.6 is 0 Å². The molecule has 0 aromatic heterocycles. The van der Waals surface area contributed by atoms with Crippen molar-refractivity contribution in [2.24, 2.45) is 0 Å². The molecule has 0 fully saturated rings. The van der Waals surface area contributed by atoms with Gasteiger partial charge in [-0.25, -0.2) is 0 Å². The van der Waals surface area contributed by atoms with Crippen molar-refractivity contribution in [3.05, 3.63) is 29.8 Å². The van der Waals surface area contributed by atoms with Gasteiger partial charge in [0.05, 0.1) is 10.8 Å². The lowest BCUT2D eigenvalue weighted by molar-refractivity contribution is -0.139. The van der Waals surface area contributed by atoms with Crippen LogP contribution in [0.3, 0.4) is 0 Å². The smallest absolute Gasteiger partial charge is 0.310 e. The first kappa shape index (κ1) is 13.7. The summed E-state index contributed by atoms with van der Waals surface area (Å²) in [5, 5.41) is 9.02. The molecule has 1 atom stereocenters. The summed E-state index contributed by atoms with van der Waals surface area (Å²) in [6.07, 6.45) is 1.21. The summed E-state index contributed by atoms with van der Waals surface area (Å²) in [4.78, 5) is 10.8. The summed E-state index contributed by atoms with van der Waals surface area (Å²) < 4.78 is 30.4. The first-order valence-corrected chi connectivity index (χ1v) is 6.60. The minimum atomic E-state index is -4.23. The SMILES string of the molecule is CCCC(C(=O)O)c1ccc(S(=O)(=O)O)cc1. The lowest BCUT2D eigenvalue weighted by Gasteiger charge is -2.11. The maximum Gasteiger partial charge on any atom is 0.310 e. The van der Waals surface area contributed by atoms with E-state index in [9.17, 15) is 13.2 Å². The van der Waals surface area contributed by atoms with Crippen LogP contribution in [0.2, 0.25) is 0 Å². The monoisotopic (exact) mass is 258 g/mol. The van der Waals surface area contributed by atoms with Gasteiger partial charge in [0.15, 0.2) is 0 Å². The molecular formula is C11H14O5S. The maximum atomic E-state index is 11.0. The minimum absolute atomic E-state index is 0.234. The zero-order chi connectivity index (χ0) is 13.1. The molecule has 0 spiro atoms. The Balaban J connectivity index is 3.04. The second-order valence-corrected chi connectivity index (χ2v) is 5.15. The average molecular weight is 258 g/mol. The first-order chi connectivity index (χ1) is 7.86. The highest BCUT2D eigenvalue weighted by Crippen LogP contribution is 2.23. The molecule has 2 N–H and O–H groups in total. The Morgan fingerprint density at radius 1 is 1.29 bits per heavy atom. The Bertz CT molecular complexity index is 489. The molecule has 0 radical (unpaired) electrons. The third-order valence-corrected chi connectivity index (χ3v) is 3.32. The third-order valence-electron chi connectivity index (χ3n) is 2.46. The Kier molecular flexibility index (Phi) is 4.25. The van der Waals surface area contributed by atoms with Crippen molar-refractivity contribution in [3.63, 3.8) is 0 Å². The molecule has 0 amide bonds. The summed E-state index contributed by atoms with van der Waals surface area (Å²) in [6, 6.07) is 5.24. The summed E-state index contributed by atoms with van der Waals surface area (Å²) in [5.74, 6) is -1.58. The lowest BCUT2D eigenvalue weighted by Crippen LogP contribution is -2.11. The van der Waals surface area contributed by atoms with E-state index in [4.69, 9.17) is 9.66 Å². The van der Waals surface area contributed by atoms with Crippen LogP contribution in [0.25, 0.3) is 0 Å². The zero-order valence-corrected chi connectivity index (χ0v) is 10.1. The highest BCUT2D eigenvalue weighted by atomic mass is 32.2. The van der Waals surface area contributed by atoms with Gasteiger partial charge in [0, 0.05) is 0 Å². The first-order valence-electron chi connectivity index (χ1n) is 5.16. The van der Waals surface area contributed by atoms with Crippen LogP contribution in [0, 0.1) is 0 Å². The van der Waals surface area contributed by atoms with Crippen LogP contribution in [-0.4, -0.2) is 24.0 Å². The molecular weight excluding hydrogens is 244 g/mol. The molecule has 0 saturated carbocycles. The van der Waals surface area contributed by atoms with Crippen molar-refractivity contribution in [3.8, 4) is 0 Å². The zero-order valence-electron chi connectivity index (χ0n) is 9.33. The van der Waals surface area contributed by atoms with E-state index in [0.29, 0.717) is 12.0 Å². The van der Waals surface area contributed by atoms with E-state index in [0.717, 1.165) is 6.42 Å². The topological polar surface area (TPSA) is 91.7 Å². The van der Waals surface area contributed by atoms with Gasteiger partial charge in [-0.15, -0.1) is 0 Å². The quantitative estimate of drug-likeness (QED) is 0.787. The largest absolute Gasteiger partial charge is 0.481 e. The predicted octanol–water partition coefficient (Wildman–Crippen LogP) is 1.90. The molecule has 94 valence electrons. The molecule has 0 bridgehead atoms. The summed E-state index contributed by atoms with van der Waals surface area (Å²) in [6.45, 7) is 1.88. The second kappa shape index (κ2) is 5.29. The van der Waals surface area contributed by atoms with E-state index in [2.05, 4.69) is 0 Å². The fourth-order valence-electron chi connectivity index (χ4n) is 1.59. The van der Waals surface area contributed by atoms with Crippen LogP contribution in [0.15, 0.2) is 29.2 Å². The van der Waals surface area contributed by atoms with Crippen molar-refractivity contribution in [1.82, 2.24) is 0 Å². The lowest BCUT2D eigenvalue weighted by atomic mass is 9.95. The highest BCUT2D eigenvalue weighted by Gasteiger charge is 2.19. The normalized spacial score (nSPS) is 13.3. The molecule has 1 unspecified atom stereocenters. The van der Waals surface area contributed by atoms with Crippen LogP contribution < -0.4 is 0 Å². The molecule has 0 aliphatic heterocycles. The number of hydrogen-bond donors (Lipinski definition) is 2. The van der Waals surface area contributed by atoms with Crippen molar-refractivity contribution in [2.75, 3.05) is 0 Å². The number of carboxylic acids is 1. The van der Waals surface area contributed by atoms with Crippen LogP contribution in [0.5, 0.6) is 0 Å². The van der Waals surface area contributed by atoms with Crippen molar-refractivity contribution in [1.29, 1.82) is 0 Å². The van der Waals surface area contributed by atoms with E-state index in [1.807, 2.05) is 6.92 Å². The fraction of sp³-hybridized carbons (Fsp3) is 0.364. The molecule has 1 aromatic rings. The molecule has 0 aliphatic carbocycles. The van der Waals surface area contributed by atoms with E-state index in [1.54, 1.807) is 0 Å². The average Bonchev–Trinajstić information content (AvgIpc) is 2.24. The molecule has 1 aromatic carbocycles. The van der Waals surface area contributed by atoms with Crippen LogP contribution in [0.1, 0.15) is 31.2 Å². The van der Waals surface area contributed by atoms with Gasteiger partial charge >= 0.3 is 5.97 Å². The van der Waals surface area contributed by atoms with Gasteiger partial charge in [-0.05, 0) is 24.1 Å². The summed E-state index contributed by atoms with van der Waals surface area (Å²) in [5.41, 5.74) is 0.534. The Hall–Kier alpha value is -1.40. The van der Waals surface area contributed by atoms with Gasteiger partial charge < -0.3 is 5.11 Å². The Morgan fingerprint density at radius 3 is 2.18 bits per heavy atom. The van der Waals surface area contributed by atoms with Gasteiger partial charge in [0.1, 0.15) is 0 Å². The number of carbonyl (C=O) groups is 1. The highest BCUT2D eigenvalue weighted by molar-refractivity contribution is 7.85. The van der Waals surface area contributed by atoms with E-state index < -0.39 is 22.0 Å². The third kappa shape index (κ3) is 3.54. The Labute approximate surface area is 99.8 Å². The molecule has 0 heterocycles. The van der Waals surface area contributed by atoms with E-state index in [-0.39, 0.29) is 4.90 Å². The van der Waals surface area contributed by atoms with Gasteiger partial charge in [-0.3, -0.25) is 9.35 Å². The number of rotatable bonds is 5. The molecule has 0 aliphatic rings. The molecule has 5 nitrogen and oxygen atoms in total. The predicted molar refractivity (Wildman–Crippen MR) is 61.5 cm³/mol. The van der Waals surface area contributed by atoms with Crippen molar-refractivity contribution in [2.45, 2.75) is 30.6 Å².